The summed E-state index contributed by atoms with van der Waals surface area (Å²) >= 11 is 3.34. The smallest absolute Gasteiger partial charge is 0.167 e. The Balaban J connectivity index is 1.87. The molecule has 0 fully saturated rings. The molecule has 1 nitrogen and oxygen atoms in total. The number of ether oxygens (including phenoxy) is 1. The lowest BCUT2D eigenvalue weighted by atomic mass is 9.99. The molecule has 0 N–H and O–H groups in total. The van der Waals surface area contributed by atoms with Crippen LogP contribution >= 0.6 is 15.9 Å². The molecule has 3 aromatic rings. The van der Waals surface area contributed by atoms with Crippen LogP contribution in [0.3, 0.4) is 0 Å². The molecule has 0 saturated carbocycles. The molecule has 0 spiro atoms. The summed E-state index contributed by atoms with van der Waals surface area (Å²) in [5.74, 6) is -0.951. The molecule has 134 valence electrons. The molecule has 0 saturated heterocycles. The third-order valence-electron chi connectivity index (χ3n) is 4.17. The van der Waals surface area contributed by atoms with Crippen molar-refractivity contribution in [2.75, 3.05) is 6.61 Å². The van der Waals surface area contributed by atoms with Crippen LogP contribution in [-0.2, 0) is 0 Å². The van der Waals surface area contributed by atoms with Gasteiger partial charge in [0.05, 0.1) is 6.61 Å². The van der Waals surface area contributed by atoms with Gasteiger partial charge in [-0.15, -0.1) is 0 Å². The lowest BCUT2D eigenvalue weighted by Gasteiger charge is -2.10. The Labute approximate surface area is 160 Å². The summed E-state index contributed by atoms with van der Waals surface area (Å²) in [6.07, 6.45) is 2.05. The van der Waals surface area contributed by atoms with Crippen molar-refractivity contribution in [1.29, 1.82) is 0 Å². The van der Waals surface area contributed by atoms with Gasteiger partial charge in [-0.1, -0.05) is 65.7 Å². The van der Waals surface area contributed by atoms with Crippen molar-refractivity contribution >= 4 is 15.9 Å². The number of hydrogen-bond acceptors (Lipinski definition) is 1. The zero-order valence-electron chi connectivity index (χ0n) is 14.4. The van der Waals surface area contributed by atoms with E-state index in [1.54, 1.807) is 60.7 Å². The summed E-state index contributed by atoms with van der Waals surface area (Å²) < 4.78 is 35.7. The fraction of sp³-hybridized carbons (Fsp3) is 0.182. The minimum atomic E-state index is -0.843. The largest absolute Gasteiger partial charge is 0.494 e. The van der Waals surface area contributed by atoms with E-state index in [1.165, 1.54) is 0 Å². The molecule has 0 heterocycles. The number of unbranched alkanes of at least 4 members (excludes halogenated alkanes) is 1. The molecule has 3 rings (SSSR count). The number of benzene rings is 3. The van der Waals surface area contributed by atoms with Crippen molar-refractivity contribution in [3.8, 4) is 28.0 Å². The molecular weight excluding hydrogens is 398 g/mol. The van der Waals surface area contributed by atoms with Crippen LogP contribution in [0.5, 0.6) is 5.75 Å². The Bertz CT molecular complexity index is 874. The zero-order chi connectivity index (χ0) is 18.5. The highest BCUT2D eigenvalue weighted by molar-refractivity contribution is 9.10. The molecule has 0 aliphatic heterocycles. The Morgan fingerprint density at radius 1 is 0.769 bits per heavy atom. The molecule has 0 radical (unpaired) electrons. The van der Waals surface area contributed by atoms with Gasteiger partial charge in [0, 0.05) is 15.6 Å². The van der Waals surface area contributed by atoms with Crippen LogP contribution in [0, 0.1) is 11.6 Å². The summed E-state index contributed by atoms with van der Waals surface area (Å²) in [4.78, 5) is 0. The van der Waals surface area contributed by atoms with Crippen molar-refractivity contribution in [2.45, 2.75) is 19.8 Å². The van der Waals surface area contributed by atoms with E-state index in [1.807, 2.05) is 0 Å². The quantitative estimate of drug-likeness (QED) is 0.384. The van der Waals surface area contributed by atoms with Gasteiger partial charge < -0.3 is 4.74 Å². The first-order chi connectivity index (χ1) is 12.6. The van der Waals surface area contributed by atoms with Gasteiger partial charge in [0.15, 0.2) is 11.6 Å². The van der Waals surface area contributed by atoms with Gasteiger partial charge in [0.1, 0.15) is 5.75 Å². The molecule has 0 unspecified atom stereocenters. The maximum absolute atomic E-state index is 14.6. The van der Waals surface area contributed by atoms with Crippen molar-refractivity contribution in [3.63, 3.8) is 0 Å². The molecule has 0 bridgehead atoms. The van der Waals surface area contributed by atoms with E-state index < -0.39 is 11.6 Å². The van der Waals surface area contributed by atoms with E-state index in [0.29, 0.717) is 17.7 Å². The Kier molecular flexibility index (Phi) is 6.04. The first-order valence-corrected chi connectivity index (χ1v) is 9.36. The molecule has 0 aliphatic rings. The van der Waals surface area contributed by atoms with E-state index >= 15 is 0 Å². The summed E-state index contributed by atoms with van der Waals surface area (Å²) in [6.45, 7) is 2.75. The van der Waals surface area contributed by atoms with E-state index in [0.717, 1.165) is 23.1 Å². The van der Waals surface area contributed by atoms with Crippen molar-refractivity contribution < 1.29 is 13.5 Å². The number of hydrogen-bond donors (Lipinski definition) is 0. The van der Waals surface area contributed by atoms with Gasteiger partial charge in [-0.3, -0.25) is 0 Å². The first kappa shape index (κ1) is 18.6. The predicted octanol–water partition coefficient (Wildman–Crippen LogP) is 7.24. The monoisotopic (exact) mass is 416 g/mol. The SMILES string of the molecule is CCCCOc1ccc(-c2ccc(-c3ccc(Br)cc3)c(F)c2F)cc1. The fourth-order valence-electron chi connectivity index (χ4n) is 2.69. The van der Waals surface area contributed by atoms with Gasteiger partial charge in [-0.25, -0.2) is 8.78 Å². The van der Waals surface area contributed by atoms with Crippen LogP contribution in [0.1, 0.15) is 19.8 Å². The van der Waals surface area contributed by atoms with Crippen molar-refractivity contribution in [3.05, 3.63) is 76.8 Å². The number of halogens is 3. The van der Waals surface area contributed by atoms with Gasteiger partial charge >= 0.3 is 0 Å². The predicted molar refractivity (Wildman–Crippen MR) is 105 cm³/mol. The highest BCUT2D eigenvalue weighted by Gasteiger charge is 2.16. The van der Waals surface area contributed by atoms with Crippen LogP contribution in [0.15, 0.2) is 65.1 Å². The van der Waals surface area contributed by atoms with E-state index in [2.05, 4.69) is 22.9 Å². The standard InChI is InChI=1S/C22H19BrF2O/c1-2-3-14-26-18-10-6-16(7-11-18)20-13-12-19(21(24)22(20)25)15-4-8-17(23)9-5-15/h4-13H,2-3,14H2,1H3. The van der Waals surface area contributed by atoms with Gasteiger partial charge in [0.25, 0.3) is 0 Å². The fourth-order valence-corrected chi connectivity index (χ4v) is 2.95. The van der Waals surface area contributed by atoms with E-state index in [9.17, 15) is 8.78 Å². The maximum Gasteiger partial charge on any atom is 0.167 e. The Hall–Kier alpha value is -2.20. The molecule has 0 aliphatic carbocycles. The maximum atomic E-state index is 14.6. The second-order valence-corrected chi connectivity index (χ2v) is 6.94. The molecule has 0 aromatic heterocycles. The van der Waals surface area contributed by atoms with E-state index in [4.69, 9.17) is 4.74 Å². The lowest BCUT2D eigenvalue weighted by Crippen LogP contribution is -1.97. The van der Waals surface area contributed by atoms with Crippen LogP contribution < -0.4 is 4.74 Å². The highest BCUT2D eigenvalue weighted by Crippen LogP contribution is 2.32. The van der Waals surface area contributed by atoms with Gasteiger partial charge in [-0.2, -0.15) is 0 Å². The average molecular weight is 417 g/mol. The van der Waals surface area contributed by atoms with Crippen LogP contribution in [0.25, 0.3) is 22.3 Å². The molecule has 26 heavy (non-hydrogen) atoms. The molecular formula is C22H19BrF2O. The second-order valence-electron chi connectivity index (χ2n) is 6.02. The molecule has 4 heteroatoms. The van der Waals surface area contributed by atoms with Crippen molar-refractivity contribution in [2.24, 2.45) is 0 Å². The van der Waals surface area contributed by atoms with Gasteiger partial charge in [0.2, 0.25) is 0 Å². The molecule has 3 aromatic carbocycles. The molecule has 0 amide bonds. The third-order valence-corrected chi connectivity index (χ3v) is 4.70. The Morgan fingerprint density at radius 3 is 1.77 bits per heavy atom. The summed E-state index contributed by atoms with van der Waals surface area (Å²) in [5, 5.41) is 0. The first-order valence-electron chi connectivity index (χ1n) is 8.57. The van der Waals surface area contributed by atoms with Crippen LogP contribution in [-0.4, -0.2) is 6.61 Å². The van der Waals surface area contributed by atoms with E-state index in [-0.39, 0.29) is 11.1 Å². The second kappa shape index (κ2) is 8.45. The zero-order valence-corrected chi connectivity index (χ0v) is 16.0. The number of rotatable bonds is 6. The minimum absolute atomic E-state index is 0.239. The summed E-state index contributed by atoms with van der Waals surface area (Å²) in [5.41, 5.74) is 1.74. The highest BCUT2D eigenvalue weighted by atomic mass is 79.9. The normalized spacial score (nSPS) is 10.8. The average Bonchev–Trinajstić information content (AvgIpc) is 2.66. The topological polar surface area (TPSA) is 9.23 Å². The van der Waals surface area contributed by atoms with Crippen LogP contribution in [0.4, 0.5) is 8.78 Å². The summed E-state index contributed by atoms with van der Waals surface area (Å²) in [7, 11) is 0. The van der Waals surface area contributed by atoms with Gasteiger partial charge in [-0.05, 0) is 41.8 Å². The minimum Gasteiger partial charge on any atom is -0.494 e. The summed E-state index contributed by atoms with van der Waals surface area (Å²) in [6, 6.07) is 17.4. The molecule has 0 atom stereocenters. The van der Waals surface area contributed by atoms with Crippen LogP contribution in [0.2, 0.25) is 0 Å². The Morgan fingerprint density at radius 2 is 1.27 bits per heavy atom. The van der Waals surface area contributed by atoms with Crippen molar-refractivity contribution in [1.82, 2.24) is 0 Å². The third kappa shape index (κ3) is 4.13. The lowest BCUT2D eigenvalue weighted by molar-refractivity contribution is 0.309.